The number of nitrogens with zero attached hydrogens (tertiary/aromatic N) is 4. The lowest BCUT2D eigenvalue weighted by atomic mass is 9.74. The minimum Gasteiger partial charge on any atom is -0.474 e. The summed E-state index contributed by atoms with van der Waals surface area (Å²) >= 11 is 0. The molecule has 4 N–H and O–H groups in total. The lowest BCUT2D eigenvalue weighted by Gasteiger charge is -2.29. The van der Waals surface area contributed by atoms with E-state index in [0.29, 0.717) is 42.8 Å². The Morgan fingerprint density at radius 2 is 2.19 bits per heavy atom. The molecular formula is C22H20FN7O2. The molecule has 2 unspecified atom stereocenters. The van der Waals surface area contributed by atoms with E-state index in [1.54, 1.807) is 18.3 Å². The topological polar surface area (TPSA) is 139 Å². The number of nitriles is 1. The van der Waals surface area contributed by atoms with Gasteiger partial charge in [-0.2, -0.15) is 5.26 Å². The number of nitrogens with one attached hydrogen (secondary N) is 2. The van der Waals surface area contributed by atoms with Crippen molar-refractivity contribution in [3.63, 3.8) is 0 Å². The van der Waals surface area contributed by atoms with Crippen molar-refractivity contribution in [1.82, 2.24) is 15.2 Å². The number of ether oxygens (including phenoxy) is 1. The fourth-order valence-electron chi connectivity index (χ4n) is 4.13. The number of halogens is 1. The summed E-state index contributed by atoms with van der Waals surface area (Å²) in [5, 5.41) is 23.5. The molecule has 0 radical (unpaired) electrons. The predicted molar refractivity (Wildman–Crippen MR) is 116 cm³/mol. The molecule has 1 aliphatic heterocycles. The lowest BCUT2D eigenvalue weighted by molar-refractivity contribution is -0.123. The minimum absolute atomic E-state index is 0.132. The van der Waals surface area contributed by atoms with Crippen LogP contribution in [0, 0.1) is 35.9 Å². The van der Waals surface area contributed by atoms with Crippen LogP contribution in [-0.2, 0) is 4.79 Å². The third-order valence-corrected chi connectivity index (χ3v) is 6.12. The van der Waals surface area contributed by atoms with Crippen LogP contribution in [0.2, 0.25) is 0 Å². The number of hydrogen-bond donors (Lipinski definition) is 3. The van der Waals surface area contributed by atoms with Gasteiger partial charge in [0.2, 0.25) is 11.8 Å². The van der Waals surface area contributed by atoms with Crippen molar-refractivity contribution in [2.45, 2.75) is 19.8 Å². The highest BCUT2D eigenvalue weighted by Crippen LogP contribution is 2.39. The van der Waals surface area contributed by atoms with Gasteiger partial charge in [0.1, 0.15) is 17.8 Å². The van der Waals surface area contributed by atoms with E-state index in [2.05, 4.69) is 31.9 Å². The maximum absolute atomic E-state index is 15.2. The number of aromatic nitrogens is 3. The third kappa shape index (κ3) is 3.13. The quantitative estimate of drug-likeness (QED) is 0.536. The van der Waals surface area contributed by atoms with Gasteiger partial charge in [-0.05, 0) is 37.5 Å². The number of nitrogens with two attached hydrogens (primary N) is 1. The standard InChI is InChI=1S/C22H20FN7O2/c1-10-15(9-27-22-19(10)26-4-5-32-22)14-6-12-7-16(29-30-20(12)18(25)17(14)23)28-21(31)13-3-2-11(13)8-24/h6-7,9,11,13,26H,2-5,25H2,1H3,(H,28,29,31). The van der Waals surface area contributed by atoms with Crippen molar-refractivity contribution >= 4 is 34.0 Å². The number of amides is 1. The maximum Gasteiger partial charge on any atom is 0.237 e. The average Bonchev–Trinajstić information content (AvgIpc) is 2.76. The smallest absolute Gasteiger partial charge is 0.237 e. The summed E-state index contributed by atoms with van der Waals surface area (Å²) in [6.45, 7) is 3.00. The summed E-state index contributed by atoms with van der Waals surface area (Å²) < 4.78 is 20.8. The molecular weight excluding hydrogens is 413 g/mol. The first kappa shape index (κ1) is 19.9. The average molecular weight is 433 g/mol. The van der Waals surface area contributed by atoms with Crippen LogP contribution in [0.4, 0.5) is 21.6 Å². The molecule has 0 spiro atoms. The molecule has 1 fully saturated rings. The molecule has 1 aliphatic carbocycles. The van der Waals surface area contributed by atoms with Crippen LogP contribution in [0.15, 0.2) is 18.3 Å². The van der Waals surface area contributed by atoms with Crippen molar-refractivity contribution < 1.29 is 13.9 Å². The molecule has 3 aromatic rings. The molecule has 2 aromatic heterocycles. The number of fused-ring (bicyclic) bond motifs is 2. The van der Waals surface area contributed by atoms with Gasteiger partial charge in [-0.3, -0.25) is 4.79 Å². The van der Waals surface area contributed by atoms with E-state index in [0.717, 1.165) is 11.3 Å². The van der Waals surface area contributed by atoms with Crippen molar-refractivity contribution in [3.05, 3.63) is 29.7 Å². The first-order chi connectivity index (χ1) is 15.5. The minimum atomic E-state index is -0.614. The second-order valence-electron chi connectivity index (χ2n) is 7.98. The second kappa shape index (κ2) is 7.60. The van der Waals surface area contributed by atoms with Gasteiger partial charge in [0.15, 0.2) is 11.6 Å². The van der Waals surface area contributed by atoms with E-state index < -0.39 is 5.82 Å². The van der Waals surface area contributed by atoms with Crippen molar-refractivity contribution in [1.29, 1.82) is 5.26 Å². The highest BCUT2D eigenvalue weighted by molar-refractivity contribution is 5.98. The van der Waals surface area contributed by atoms with Crippen molar-refractivity contribution in [3.8, 4) is 23.1 Å². The van der Waals surface area contributed by atoms with Crippen LogP contribution in [0.5, 0.6) is 5.88 Å². The van der Waals surface area contributed by atoms with Gasteiger partial charge in [-0.15, -0.1) is 10.2 Å². The van der Waals surface area contributed by atoms with E-state index in [1.807, 2.05) is 6.92 Å². The van der Waals surface area contributed by atoms with E-state index in [1.165, 1.54) is 0 Å². The van der Waals surface area contributed by atoms with Gasteiger partial charge >= 0.3 is 0 Å². The van der Waals surface area contributed by atoms with Gasteiger partial charge in [0, 0.05) is 29.3 Å². The molecule has 2 atom stereocenters. The zero-order valence-corrected chi connectivity index (χ0v) is 17.3. The number of benzene rings is 1. The molecule has 5 rings (SSSR count). The number of carbonyl (C=O) groups excluding carboxylic acids is 1. The van der Waals surface area contributed by atoms with Crippen LogP contribution in [0.1, 0.15) is 18.4 Å². The molecule has 0 saturated heterocycles. The van der Waals surface area contributed by atoms with Gasteiger partial charge < -0.3 is 21.1 Å². The molecule has 3 heterocycles. The molecule has 0 bridgehead atoms. The Morgan fingerprint density at radius 1 is 1.34 bits per heavy atom. The maximum atomic E-state index is 15.2. The molecule has 1 aromatic carbocycles. The third-order valence-electron chi connectivity index (χ3n) is 6.12. The van der Waals surface area contributed by atoms with Crippen LogP contribution < -0.4 is 21.1 Å². The fourth-order valence-corrected chi connectivity index (χ4v) is 4.13. The predicted octanol–water partition coefficient (Wildman–Crippen LogP) is 3.01. The SMILES string of the molecule is Cc1c(-c2cc3cc(NC(=O)C4CCC4C#N)nnc3c(N)c2F)cnc2c1NCCO2. The summed E-state index contributed by atoms with van der Waals surface area (Å²) in [5.74, 6) is -0.821. The molecule has 10 heteroatoms. The summed E-state index contributed by atoms with van der Waals surface area (Å²) in [5.41, 5.74) is 8.47. The number of pyridine rings is 1. The summed E-state index contributed by atoms with van der Waals surface area (Å²) in [6, 6.07) is 5.36. The Balaban J connectivity index is 1.54. The van der Waals surface area contributed by atoms with E-state index in [4.69, 9.17) is 15.7 Å². The van der Waals surface area contributed by atoms with Crippen molar-refractivity contribution in [2.75, 3.05) is 29.5 Å². The van der Waals surface area contributed by atoms with Crippen LogP contribution >= 0.6 is 0 Å². The number of hydrogen-bond acceptors (Lipinski definition) is 8. The van der Waals surface area contributed by atoms with Gasteiger partial charge in [0.05, 0.1) is 23.6 Å². The largest absolute Gasteiger partial charge is 0.474 e. The van der Waals surface area contributed by atoms with E-state index in [-0.39, 0.29) is 40.3 Å². The van der Waals surface area contributed by atoms with Gasteiger partial charge in [-0.25, -0.2) is 9.37 Å². The Labute approximate surface area is 182 Å². The normalized spacial score (nSPS) is 19.2. The first-order valence-electron chi connectivity index (χ1n) is 10.3. The van der Waals surface area contributed by atoms with Gasteiger partial charge in [-0.1, -0.05) is 0 Å². The Bertz CT molecular complexity index is 1300. The van der Waals surface area contributed by atoms with Gasteiger partial charge in [0.25, 0.3) is 0 Å². The number of anilines is 3. The molecule has 32 heavy (non-hydrogen) atoms. The van der Waals surface area contributed by atoms with Crippen LogP contribution in [0.3, 0.4) is 0 Å². The molecule has 2 aliphatic rings. The highest BCUT2D eigenvalue weighted by Gasteiger charge is 2.36. The zero-order chi connectivity index (χ0) is 22.4. The van der Waals surface area contributed by atoms with Crippen LogP contribution in [-0.4, -0.2) is 34.2 Å². The summed E-state index contributed by atoms with van der Waals surface area (Å²) in [6.07, 6.45) is 2.93. The fraction of sp³-hybridized carbons (Fsp3) is 0.318. The Kier molecular flexibility index (Phi) is 4.74. The number of rotatable bonds is 3. The monoisotopic (exact) mass is 433 g/mol. The second-order valence-corrected chi connectivity index (χ2v) is 7.98. The lowest BCUT2D eigenvalue weighted by Crippen LogP contribution is -2.36. The zero-order valence-electron chi connectivity index (χ0n) is 17.3. The highest BCUT2D eigenvalue weighted by atomic mass is 19.1. The van der Waals surface area contributed by atoms with Crippen molar-refractivity contribution in [2.24, 2.45) is 11.8 Å². The number of nitrogen functional groups attached to an aromatic ring is 1. The summed E-state index contributed by atoms with van der Waals surface area (Å²) in [7, 11) is 0. The van der Waals surface area contributed by atoms with Crippen LogP contribution in [0.25, 0.3) is 22.0 Å². The number of carbonyl (C=O) groups is 1. The first-order valence-corrected chi connectivity index (χ1v) is 10.3. The summed E-state index contributed by atoms with van der Waals surface area (Å²) in [4.78, 5) is 16.8. The Hall–Kier alpha value is -4.00. The molecule has 162 valence electrons. The molecule has 1 amide bonds. The van der Waals surface area contributed by atoms with E-state index >= 15 is 4.39 Å². The van der Waals surface area contributed by atoms with E-state index in [9.17, 15) is 4.79 Å². The Morgan fingerprint density at radius 3 is 2.94 bits per heavy atom. The molecule has 1 saturated carbocycles. The molecule has 9 nitrogen and oxygen atoms in total.